The SMILES string of the molecule is C=C/C(=C\C=C(/C)N)c1ccnc(/C(C)=C/N(C)C(=O)Cc2ccc(N(CCC)CCC)c(C(F)(F)F)c2)c1. The van der Waals surface area contributed by atoms with E-state index in [0.717, 1.165) is 35.6 Å². The van der Waals surface area contributed by atoms with E-state index in [1.807, 2.05) is 39.0 Å². The summed E-state index contributed by atoms with van der Waals surface area (Å²) in [5, 5.41) is 0. The molecule has 0 aliphatic heterocycles. The zero-order valence-electron chi connectivity index (χ0n) is 23.5. The van der Waals surface area contributed by atoms with Crippen LogP contribution in [0, 0.1) is 0 Å². The van der Waals surface area contributed by atoms with Crippen molar-refractivity contribution in [3.05, 3.63) is 95.6 Å². The molecule has 1 aromatic heterocycles. The first kappa shape index (κ1) is 31.4. The minimum Gasteiger partial charge on any atom is -0.402 e. The summed E-state index contributed by atoms with van der Waals surface area (Å²) in [6, 6.07) is 7.92. The van der Waals surface area contributed by atoms with E-state index in [1.54, 1.807) is 49.5 Å². The molecule has 0 aliphatic carbocycles. The van der Waals surface area contributed by atoms with Crippen LogP contribution in [-0.4, -0.2) is 35.9 Å². The van der Waals surface area contributed by atoms with Gasteiger partial charge in [-0.2, -0.15) is 13.2 Å². The summed E-state index contributed by atoms with van der Waals surface area (Å²) in [6.45, 7) is 12.4. The molecular weight excluding hydrogens is 501 g/mol. The average Bonchev–Trinajstić information content (AvgIpc) is 2.88. The molecule has 39 heavy (non-hydrogen) atoms. The minimum atomic E-state index is -4.52. The number of nitrogens with two attached hydrogens (primary N) is 1. The fourth-order valence-corrected chi connectivity index (χ4v) is 4.15. The van der Waals surface area contributed by atoms with Crippen molar-refractivity contribution in [1.82, 2.24) is 9.88 Å². The summed E-state index contributed by atoms with van der Waals surface area (Å²) in [5.74, 6) is -0.333. The van der Waals surface area contributed by atoms with Gasteiger partial charge in [-0.15, -0.1) is 0 Å². The molecule has 2 aromatic rings. The van der Waals surface area contributed by atoms with Gasteiger partial charge in [-0.05, 0) is 79.3 Å². The second kappa shape index (κ2) is 14.4. The summed E-state index contributed by atoms with van der Waals surface area (Å²) in [6.07, 6.45) is 5.46. The number of allylic oxidation sites excluding steroid dienone is 6. The molecule has 0 saturated carbocycles. The second-order valence-corrected chi connectivity index (χ2v) is 9.50. The van der Waals surface area contributed by atoms with Crippen LogP contribution in [0.3, 0.4) is 0 Å². The molecule has 1 heterocycles. The topological polar surface area (TPSA) is 62.5 Å². The maximum Gasteiger partial charge on any atom is 0.418 e. The average molecular weight is 541 g/mol. The number of carbonyl (C=O) groups excluding carboxylic acids is 1. The van der Waals surface area contributed by atoms with Crippen LogP contribution < -0.4 is 10.6 Å². The molecule has 0 spiro atoms. The van der Waals surface area contributed by atoms with Crippen LogP contribution in [0.25, 0.3) is 11.1 Å². The van der Waals surface area contributed by atoms with Crippen LogP contribution in [0.2, 0.25) is 0 Å². The monoisotopic (exact) mass is 540 g/mol. The van der Waals surface area contributed by atoms with Crippen LogP contribution >= 0.6 is 0 Å². The van der Waals surface area contributed by atoms with Crippen LogP contribution in [0.5, 0.6) is 0 Å². The molecule has 0 atom stereocenters. The lowest BCUT2D eigenvalue weighted by molar-refractivity contribution is -0.137. The fourth-order valence-electron chi connectivity index (χ4n) is 4.15. The quantitative estimate of drug-likeness (QED) is 0.289. The van der Waals surface area contributed by atoms with Crippen LogP contribution in [0.15, 0.2) is 73.2 Å². The maximum atomic E-state index is 14.0. The van der Waals surface area contributed by atoms with Crippen molar-refractivity contribution in [3.63, 3.8) is 0 Å². The van der Waals surface area contributed by atoms with E-state index in [-0.39, 0.29) is 18.0 Å². The zero-order valence-corrected chi connectivity index (χ0v) is 23.5. The first-order valence-electron chi connectivity index (χ1n) is 13.0. The number of alkyl halides is 3. The number of likely N-dealkylation sites (N-methyl/N-ethyl adjacent to an activating group) is 1. The number of hydrogen-bond acceptors (Lipinski definition) is 4. The Bertz CT molecular complexity index is 1230. The van der Waals surface area contributed by atoms with E-state index in [1.165, 1.54) is 11.0 Å². The second-order valence-electron chi connectivity index (χ2n) is 9.50. The van der Waals surface area contributed by atoms with Gasteiger partial charge in [0.2, 0.25) is 5.91 Å². The highest BCUT2D eigenvalue weighted by molar-refractivity contribution is 5.82. The summed E-state index contributed by atoms with van der Waals surface area (Å²) < 4.78 is 41.9. The Labute approximate surface area is 230 Å². The lowest BCUT2D eigenvalue weighted by atomic mass is 10.0. The zero-order chi connectivity index (χ0) is 29.2. The third kappa shape index (κ3) is 9.16. The van der Waals surface area contributed by atoms with Gasteiger partial charge in [0.15, 0.2) is 0 Å². The van der Waals surface area contributed by atoms with Crippen molar-refractivity contribution in [2.24, 2.45) is 5.73 Å². The van der Waals surface area contributed by atoms with Gasteiger partial charge in [0, 0.05) is 43.9 Å². The molecule has 0 radical (unpaired) electrons. The number of carbonyl (C=O) groups is 1. The Balaban J connectivity index is 2.29. The van der Waals surface area contributed by atoms with Crippen molar-refractivity contribution in [2.45, 2.75) is 53.1 Å². The van der Waals surface area contributed by atoms with Crippen molar-refractivity contribution in [1.29, 1.82) is 0 Å². The van der Waals surface area contributed by atoms with Crippen LogP contribution in [0.1, 0.15) is 62.9 Å². The summed E-state index contributed by atoms with van der Waals surface area (Å²) in [4.78, 5) is 20.5. The number of rotatable bonds is 12. The predicted molar refractivity (Wildman–Crippen MR) is 155 cm³/mol. The molecule has 0 saturated heterocycles. The third-order valence-electron chi connectivity index (χ3n) is 6.07. The number of nitrogens with zero attached hydrogens (tertiary/aromatic N) is 3. The number of benzene rings is 1. The molecule has 2 rings (SSSR count). The van der Waals surface area contributed by atoms with Gasteiger partial charge in [-0.25, -0.2) is 0 Å². The Morgan fingerprint density at radius 3 is 2.31 bits per heavy atom. The molecule has 1 aromatic carbocycles. The van der Waals surface area contributed by atoms with Crippen LogP contribution in [-0.2, 0) is 17.4 Å². The normalized spacial score (nSPS) is 12.9. The van der Waals surface area contributed by atoms with E-state index >= 15 is 0 Å². The van der Waals surface area contributed by atoms with E-state index in [2.05, 4.69) is 11.6 Å². The van der Waals surface area contributed by atoms with Gasteiger partial charge in [-0.3, -0.25) is 9.78 Å². The molecule has 2 N–H and O–H groups in total. The van der Waals surface area contributed by atoms with Gasteiger partial charge in [0.1, 0.15) is 0 Å². The largest absolute Gasteiger partial charge is 0.418 e. The van der Waals surface area contributed by atoms with Crippen LogP contribution in [0.4, 0.5) is 18.9 Å². The first-order chi connectivity index (χ1) is 18.4. The van der Waals surface area contributed by atoms with Crippen molar-refractivity contribution >= 4 is 22.7 Å². The van der Waals surface area contributed by atoms with Crippen molar-refractivity contribution in [2.75, 3.05) is 25.0 Å². The Hall–Kier alpha value is -3.81. The minimum absolute atomic E-state index is 0.155. The van der Waals surface area contributed by atoms with Gasteiger partial charge in [0.25, 0.3) is 0 Å². The fraction of sp³-hybridized carbons (Fsp3) is 0.355. The Kier molecular flexibility index (Phi) is 11.6. The molecule has 0 aliphatic rings. The number of hydrogen-bond donors (Lipinski definition) is 1. The smallest absolute Gasteiger partial charge is 0.402 e. The number of aromatic nitrogens is 1. The molecule has 1 amide bonds. The summed E-state index contributed by atoms with van der Waals surface area (Å²) in [7, 11) is 1.59. The third-order valence-corrected chi connectivity index (χ3v) is 6.07. The summed E-state index contributed by atoms with van der Waals surface area (Å²) >= 11 is 0. The highest BCUT2D eigenvalue weighted by atomic mass is 19.4. The first-order valence-corrected chi connectivity index (χ1v) is 13.0. The molecule has 0 bridgehead atoms. The molecule has 0 fully saturated rings. The Morgan fingerprint density at radius 2 is 1.74 bits per heavy atom. The molecular formula is C31H39F3N4O. The lowest BCUT2D eigenvalue weighted by Gasteiger charge is -2.27. The van der Waals surface area contributed by atoms with E-state index in [4.69, 9.17) is 5.73 Å². The standard InChI is InChI=1S/C31H39F3N4O/c1-7-16-38(17-8-2)29-13-11-24(18-27(29)31(32,33)34)19-30(39)37(6)21-22(4)28-20-26(14-15-36-28)25(9-3)12-10-23(5)35/h9-15,18,20-21H,3,7-8,16-17,19,35H2,1-2,4-6H3/b22-21+,23-10+,25-12+. The molecule has 210 valence electrons. The number of amides is 1. The molecule has 0 unspecified atom stereocenters. The van der Waals surface area contributed by atoms with Gasteiger partial charge >= 0.3 is 6.18 Å². The van der Waals surface area contributed by atoms with Gasteiger partial charge < -0.3 is 15.5 Å². The van der Waals surface area contributed by atoms with Crippen molar-refractivity contribution in [3.8, 4) is 0 Å². The van der Waals surface area contributed by atoms with E-state index < -0.39 is 11.7 Å². The van der Waals surface area contributed by atoms with E-state index in [9.17, 15) is 18.0 Å². The van der Waals surface area contributed by atoms with Gasteiger partial charge in [0.05, 0.1) is 17.7 Å². The number of pyridine rings is 1. The highest BCUT2D eigenvalue weighted by Gasteiger charge is 2.35. The maximum absolute atomic E-state index is 14.0. The summed E-state index contributed by atoms with van der Waals surface area (Å²) in [5.41, 5.74) is 9.27. The predicted octanol–water partition coefficient (Wildman–Crippen LogP) is 7.22. The number of anilines is 1. The molecule has 5 nitrogen and oxygen atoms in total. The lowest BCUT2D eigenvalue weighted by Crippen LogP contribution is -2.28. The van der Waals surface area contributed by atoms with Crippen molar-refractivity contribution < 1.29 is 18.0 Å². The number of halogens is 3. The van der Waals surface area contributed by atoms with E-state index in [0.29, 0.717) is 30.0 Å². The van der Waals surface area contributed by atoms with Gasteiger partial charge in [-0.1, -0.05) is 38.6 Å². The Morgan fingerprint density at radius 1 is 1.08 bits per heavy atom. The molecule has 8 heteroatoms. The highest BCUT2D eigenvalue weighted by Crippen LogP contribution is 2.37.